The minimum absolute atomic E-state index is 0.131. The molecule has 0 saturated heterocycles. The normalized spacial score (nSPS) is 11.0. The molecular formula is C18H20F2N2O. The number of aryl methyl sites for hydroxylation is 2. The molecule has 0 radical (unpaired) electrons. The van der Waals surface area contributed by atoms with Gasteiger partial charge in [-0.1, -0.05) is 0 Å². The lowest BCUT2D eigenvalue weighted by Crippen LogP contribution is -2.14. The van der Waals surface area contributed by atoms with Crippen LogP contribution in [-0.4, -0.2) is 24.8 Å². The number of hydrogen-bond donors (Lipinski definition) is 0. The second-order valence-corrected chi connectivity index (χ2v) is 5.43. The molecule has 0 heterocycles. The topological polar surface area (TPSA) is 24.8 Å². The number of rotatable bonds is 5. The van der Waals surface area contributed by atoms with Gasteiger partial charge in [-0.3, -0.25) is 0 Å². The highest BCUT2D eigenvalue weighted by atomic mass is 19.1. The Kier molecular flexibility index (Phi) is 5.32. The molecule has 0 saturated carbocycles. The highest BCUT2D eigenvalue weighted by Gasteiger charge is 2.08. The molecule has 0 aromatic heterocycles. The largest absolute Gasteiger partial charge is 0.457 e. The van der Waals surface area contributed by atoms with Gasteiger partial charge in [0.05, 0.1) is 12.0 Å². The maximum Gasteiger partial charge on any atom is 0.133 e. The predicted octanol–water partition coefficient (Wildman–Crippen LogP) is 4.99. The van der Waals surface area contributed by atoms with Gasteiger partial charge < -0.3 is 9.64 Å². The lowest BCUT2D eigenvalue weighted by molar-refractivity contribution is 0.465. The maximum absolute atomic E-state index is 13.2. The summed E-state index contributed by atoms with van der Waals surface area (Å²) in [5.74, 6) is -0.654. The zero-order valence-corrected chi connectivity index (χ0v) is 13.7. The van der Waals surface area contributed by atoms with Crippen molar-refractivity contribution in [3.05, 3.63) is 53.1 Å². The molecule has 2 aromatic carbocycles. The fraction of sp³-hybridized carbons (Fsp3) is 0.278. The van der Waals surface area contributed by atoms with Crippen LogP contribution < -0.4 is 4.74 Å². The second kappa shape index (κ2) is 7.22. The minimum Gasteiger partial charge on any atom is -0.457 e. The fourth-order valence-corrected chi connectivity index (χ4v) is 1.98. The van der Waals surface area contributed by atoms with Gasteiger partial charge in [0.25, 0.3) is 0 Å². The van der Waals surface area contributed by atoms with E-state index in [4.69, 9.17) is 4.74 Å². The Labute approximate surface area is 135 Å². The average molecular weight is 318 g/mol. The Morgan fingerprint density at radius 1 is 1.04 bits per heavy atom. The summed E-state index contributed by atoms with van der Waals surface area (Å²) < 4.78 is 32.1. The summed E-state index contributed by atoms with van der Waals surface area (Å²) in [7, 11) is 1.95. The summed E-state index contributed by atoms with van der Waals surface area (Å²) in [5, 5.41) is 0. The molecule has 5 heteroatoms. The molecule has 2 rings (SSSR count). The molecule has 0 fully saturated rings. The molecule has 0 aliphatic carbocycles. The van der Waals surface area contributed by atoms with Crippen LogP contribution in [0.5, 0.6) is 11.5 Å². The van der Waals surface area contributed by atoms with Crippen LogP contribution in [0.3, 0.4) is 0 Å². The lowest BCUT2D eigenvalue weighted by Gasteiger charge is -2.13. The predicted molar refractivity (Wildman–Crippen MR) is 88.8 cm³/mol. The van der Waals surface area contributed by atoms with E-state index in [1.165, 1.54) is 0 Å². The molecule has 0 amide bonds. The molecule has 0 spiro atoms. The smallest absolute Gasteiger partial charge is 0.133 e. The Morgan fingerprint density at radius 3 is 2.30 bits per heavy atom. The number of nitrogens with zero attached hydrogens (tertiary/aromatic N) is 2. The van der Waals surface area contributed by atoms with Crippen molar-refractivity contribution in [3.63, 3.8) is 0 Å². The first-order valence-corrected chi connectivity index (χ1v) is 7.38. The Balaban J connectivity index is 2.27. The lowest BCUT2D eigenvalue weighted by atomic mass is 10.1. The number of benzene rings is 2. The van der Waals surface area contributed by atoms with Crippen LogP contribution >= 0.6 is 0 Å². The molecule has 122 valence electrons. The summed E-state index contributed by atoms with van der Waals surface area (Å²) in [5.41, 5.74) is 2.59. The third kappa shape index (κ3) is 4.52. The third-order valence-corrected chi connectivity index (χ3v) is 3.45. The first kappa shape index (κ1) is 16.9. The highest BCUT2D eigenvalue weighted by molar-refractivity contribution is 5.64. The van der Waals surface area contributed by atoms with Crippen LogP contribution in [0.15, 0.2) is 35.3 Å². The van der Waals surface area contributed by atoms with Gasteiger partial charge in [-0.25, -0.2) is 13.8 Å². The van der Waals surface area contributed by atoms with Crippen LogP contribution in [0.1, 0.15) is 18.1 Å². The molecule has 0 aliphatic rings. The zero-order chi connectivity index (χ0) is 17.0. The van der Waals surface area contributed by atoms with E-state index in [1.807, 2.05) is 44.9 Å². The van der Waals surface area contributed by atoms with Gasteiger partial charge in [0.2, 0.25) is 0 Å². The van der Waals surface area contributed by atoms with Crippen molar-refractivity contribution in [2.75, 3.05) is 13.6 Å². The summed E-state index contributed by atoms with van der Waals surface area (Å²) >= 11 is 0. The number of ether oxygens (including phenoxy) is 1. The number of halogens is 2. The minimum atomic E-state index is -0.668. The SMILES string of the molecule is CCN(C)/C=N\c1cc(C)c(Oc2cc(F)cc(F)c2)cc1C. The fourth-order valence-electron chi connectivity index (χ4n) is 1.98. The van der Waals surface area contributed by atoms with Crippen molar-refractivity contribution >= 4 is 12.0 Å². The molecule has 2 aromatic rings. The van der Waals surface area contributed by atoms with Gasteiger partial charge in [0.1, 0.15) is 23.1 Å². The quantitative estimate of drug-likeness (QED) is 0.573. The molecule has 0 bridgehead atoms. The molecule has 0 atom stereocenters. The van der Waals surface area contributed by atoms with Gasteiger partial charge in [0.15, 0.2) is 0 Å². The van der Waals surface area contributed by atoms with Crippen LogP contribution in [0.4, 0.5) is 14.5 Å². The van der Waals surface area contributed by atoms with Gasteiger partial charge in [-0.2, -0.15) is 0 Å². The monoisotopic (exact) mass is 318 g/mol. The zero-order valence-electron chi connectivity index (χ0n) is 13.7. The van der Waals surface area contributed by atoms with Gasteiger partial charge in [0, 0.05) is 31.8 Å². The molecular weight excluding hydrogens is 298 g/mol. The standard InChI is InChI=1S/C18H20F2N2O/c1-5-22(4)11-21-17-6-13(3)18(7-12(17)2)23-16-9-14(19)8-15(20)10-16/h6-11H,5H2,1-4H3/b21-11-. The van der Waals surface area contributed by atoms with Gasteiger partial charge in [-0.05, 0) is 44.0 Å². The first-order valence-electron chi connectivity index (χ1n) is 7.38. The van der Waals surface area contributed by atoms with Crippen LogP contribution in [-0.2, 0) is 0 Å². The first-order chi connectivity index (χ1) is 10.9. The Morgan fingerprint density at radius 2 is 1.70 bits per heavy atom. The van der Waals surface area contributed by atoms with E-state index >= 15 is 0 Å². The average Bonchev–Trinajstić information content (AvgIpc) is 2.47. The number of aliphatic imine (C=N–C) groups is 1. The third-order valence-electron chi connectivity index (χ3n) is 3.45. The van der Waals surface area contributed by atoms with E-state index in [9.17, 15) is 8.78 Å². The van der Waals surface area contributed by atoms with Crippen LogP contribution in [0.25, 0.3) is 0 Å². The summed E-state index contributed by atoms with van der Waals surface area (Å²) in [6.45, 7) is 6.69. The van der Waals surface area contributed by atoms with E-state index in [0.717, 1.165) is 41.6 Å². The van der Waals surface area contributed by atoms with Crippen molar-refractivity contribution in [1.82, 2.24) is 4.90 Å². The second-order valence-electron chi connectivity index (χ2n) is 5.43. The van der Waals surface area contributed by atoms with Gasteiger partial charge in [-0.15, -0.1) is 0 Å². The van der Waals surface area contributed by atoms with Crippen molar-refractivity contribution in [1.29, 1.82) is 0 Å². The van der Waals surface area contributed by atoms with Gasteiger partial charge >= 0.3 is 0 Å². The van der Waals surface area contributed by atoms with E-state index < -0.39 is 11.6 Å². The molecule has 0 aliphatic heterocycles. The Hall–Kier alpha value is -2.43. The molecule has 23 heavy (non-hydrogen) atoms. The summed E-state index contributed by atoms with van der Waals surface area (Å²) in [6, 6.07) is 6.82. The van der Waals surface area contributed by atoms with Crippen LogP contribution in [0, 0.1) is 25.5 Å². The van der Waals surface area contributed by atoms with Crippen LogP contribution in [0.2, 0.25) is 0 Å². The number of hydrogen-bond acceptors (Lipinski definition) is 2. The summed E-state index contributed by atoms with van der Waals surface area (Å²) in [6.07, 6.45) is 1.77. The Bertz CT molecular complexity index is 709. The highest BCUT2D eigenvalue weighted by Crippen LogP contribution is 2.32. The maximum atomic E-state index is 13.2. The van der Waals surface area contributed by atoms with E-state index in [0.29, 0.717) is 5.75 Å². The summed E-state index contributed by atoms with van der Waals surface area (Å²) in [4.78, 5) is 6.41. The molecule has 0 unspecified atom stereocenters. The van der Waals surface area contributed by atoms with Crippen molar-refractivity contribution in [3.8, 4) is 11.5 Å². The van der Waals surface area contributed by atoms with Crippen molar-refractivity contribution < 1.29 is 13.5 Å². The van der Waals surface area contributed by atoms with E-state index in [-0.39, 0.29) is 5.75 Å². The van der Waals surface area contributed by atoms with E-state index in [2.05, 4.69) is 4.99 Å². The molecule has 3 nitrogen and oxygen atoms in total. The molecule has 0 N–H and O–H groups in total. The van der Waals surface area contributed by atoms with Crippen molar-refractivity contribution in [2.45, 2.75) is 20.8 Å². The van der Waals surface area contributed by atoms with E-state index in [1.54, 1.807) is 6.34 Å². The van der Waals surface area contributed by atoms with Crippen molar-refractivity contribution in [2.24, 2.45) is 4.99 Å².